The fourth-order valence-electron chi connectivity index (χ4n) is 1.47. The van der Waals surface area contributed by atoms with Gasteiger partial charge in [-0.2, -0.15) is 18.4 Å². The van der Waals surface area contributed by atoms with E-state index in [9.17, 15) is 13.2 Å². The second-order valence-corrected chi connectivity index (χ2v) is 3.13. The minimum atomic E-state index is -4.16. The lowest BCUT2D eigenvalue weighted by Gasteiger charge is -2.16. The zero-order valence-corrected chi connectivity index (χ0v) is 6.60. The lowest BCUT2D eigenvalue weighted by molar-refractivity contribution is -0.178. The predicted octanol–water partition coefficient (Wildman–Crippen LogP) is 1.60. The van der Waals surface area contributed by atoms with Gasteiger partial charge in [0.15, 0.2) is 6.19 Å². The van der Waals surface area contributed by atoms with Crippen molar-refractivity contribution < 1.29 is 13.2 Å². The van der Waals surface area contributed by atoms with Crippen LogP contribution in [0.25, 0.3) is 0 Å². The average molecular weight is 178 g/mol. The SMILES string of the molecule is C[C@@H]1CN(C#N)C[C@H]1C(F)(F)F. The highest BCUT2D eigenvalue weighted by Gasteiger charge is 2.47. The molecule has 0 spiro atoms. The van der Waals surface area contributed by atoms with Gasteiger partial charge in [0.25, 0.3) is 0 Å². The van der Waals surface area contributed by atoms with Gasteiger partial charge in [-0.1, -0.05) is 6.92 Å². The molecule has 1 aliphatic heterocycles. The van der Waals surface area contributed by atoms with Crippen LogP contribution in [0.5, 0.6) is 0 Å². The molecular formula is C7H9F3N2. The highest BCUT2D eigenvalue weighted by Crippen LogP contribution is 2.36. The molecule has 0 aromatic heterocycles. The van der Waals surface area contributed by atoms with E-state index in [0.29, 0.717) is 0 Å². The number of likely N-dealkylation sites (tertiary alicyclic amines) is 1. The van der Waals surface area contributed by atoms with E-state index in [-0.39, 0.29) is 13.1 Å². The molecule has 1 fully saturated rings. The van der Waals surface area contributed by atoms with Crippen LogP contribution < -0.4 is 0 Å². The van der Waals surface area contributed by atoms with Gasteiger partial charge >= 0.3 is 6.18 Å². The summed E-state index contributed by atoms with van der Waals surface area (Å²) in [6, 6.07) is 0. The van der Waals surface area contributed by atoms with Gasteiger partial charge < -0.3 is 4.90 Å². The smallest absolute Gasteiger partial charge is 0.310 e. The Labute approximate surface area is 68.6 Å². The Hall–Kier alpha value is -0.920. The molecule has 0 aromatic rings. The molecular weight excluding hydrogens is 169 g/mol. The van der Waals surface area contributed by atoms with Crippen LogP contribution in [0.3, 0.4) is 0 Å². The third-order valence-corrected chi connectivity index (χ3v) is 2.17. The Bertz CT molecular complexity index is 206. The first kappa shape index (κ1) is 9.17. The Morgan fingerprint density at radius 1 is 1.42 bits per heavy atom. The quantitative estimate of drug-likeness (QED) is 0.527. The molecule has 1 rings (SSSR count). The van der Waals surface area contributed by atoms with Crippen molar-refractivity contribution in [1.29, 1.82) is 5.26 Å². The molecule has 0 amide bonds. The maximum Gasteiger partial charge on any atom is 0.393 e. The summed E-state index contributed by atoms with van der Waals surface area (Å²) < 4.78 is 36.6. The summed E-state index contributed by atoms with van der Waals surface area (Å²) in [5, 5.41) is 8.38. The Morgan fingerprint density at radius 3 is 2.25 bits per heavy atom. The molecule has 68 valence electrons. The highest BCUT2D eigenvalue weighted by molar-refractivity contribution is 4.91. The van der Waals surface area contributed by atoms with Gasteiger partial charge in [-0.3, -0.25) is 0 Å². The van der Waals surface area contributed by atoms with Crippen molar-refractivity contribution in [2.75, 3.05) is 13.1 Å². The topological polar surface area (TPSA) is 27.0 Å². The van der Waals surface area contributed by atoms with Gasteiger partial charge in [-0.05, 0) is 5.92 Å². The molecule has 0 aromatic carbocycles. The first-order valence-corrected chi connectivity index (χ1v) is 3.66. The van der Waals surface area contributed by atoms with Gasteiger partial charge in [-0.15, -0.1) is 0 Å². The summed E-state index contributed by atoms with van der Waals surface area (Å²) in [6.45, 7) is 1.57. The van der Waals surface area contributed by atoms with Crippen molar-refractivity contribution in [2.45, 2.75) is 13.1 Å². The second-order valence-electron chi connectivity index (χ2n) is 3.13. The summed E-state index contributed by atoms with van der Waals surface area (Å²) in [6.07, 6.45) is -2.43. The highest BCUT2D eigenvalue weighted by atomic mass is 19.4. The van der Waals surface area contributed by atoms with Crippen LogP contribution in [0.15, 0.2) is 0 Å². The lowest BCUT2D eigenvalue weighted by Crippen LogP contribution is -2.28. The number of hydrogen-bond donors (Lipinski definition) is 0. The first-order chi connectivity index (χ1) is 5.45. The van der Waals surface area contributed by atoms with E-state index >= 15 is 0 Å². The van der Waals surface area contributed by atoms with Gasteiger partial charge in [0.1, 0.15) is 0 Å². The third kappa shape index (κ3) is 1.63. The summed E-state index contributed by atoms with van der Waals surface area (Å²) >= 11 is 0. The van der Waals surface area contributed by atoms with Crippen molar-refractivity contribution in [3.8, 4) is 6.19 Å². The summed E-state index contributed by atoms with van der Waals surface area (Å²) in [5.41, 5.74) is 0. The molecule has 2 nitrogen and oxygen atoms in total. The first-order valence-electron chi connectivity index (χ1n) is 3.66. The van der Waals surface area contributed by atoms with Gasteiger partial charge in [0, 0.05) is 13.1 Å². The van der Waals surface area contributed by atoms with Crippen LogP contribution in [0, 0.1) is 23.3 Å². The molecule has 0 unspecified atom stereocenters. The number of alkyl halides is 3. The molecule has 0 bridgehead atoms. The zero-order valence-electron chi connectivity index (χ0n) is 6.60. The minimum absolute atomic E-state index is 0.179. The van der Waals surface area contributed by atoms with Gasteiger partial charge in [-0.25, -0.2) is 0 Å². The fourth-order valence-corrected chi connectivity index (χ4v) is 1.47. The molecule has 1 saturated heterocycles. The summed E-state index contributed by atoms with van der Waals surface area (Å²) in [7, 11) is 0. The van der Waals surface area contributed by atoms with Crippen LogP contribution in [0.1, 0.15) is 6.92 Å². The van der Waals surface area contributed by atoms with Crippen molar-refractivity contribution in [3.05, 3.63) is 0 Å². The number of halogens is 3. The normalized spacial score (nSPS) is 30.4. The average Bonchev–Trinajstić information content (AvgIpc) is 2.29. The van der Waals surface area contributed by atoms with Crippen LogP contribution in [-0.2, 0) is 0 Å². The standard InChI is InChI=1S/C7H9F3N2/c1-5-2-12(4-11)3-6(5)7(8,9)10/h5-6H,2-3H2,1H3/t5-,6-/m1/s1. The molecule has 1 heterocycles. The van der Waals surface area contributed by atoms with E-state index in [0.717, 1.165) is 4.90 Å². The second kappa shape index (κ2) is 2.85. The predicted molar refractivity (Wildman–Crippen MR) is 35.9 cm³/mol. The molecule has 1 aliphatic rings. The molecule has 0 N–H and O–H groups in total. The van der Waals surface area contributed by atoms with Crippen LogP contribution >= 0.6 is 0 Å². The van der Waals surface area contributed by atoms with E-state index < -0.39 is 18.0 Å². The van der Waals surface area contributed by atoms with E-state index in [4.69, 9.17) is 5.26 Å². The van der Waals surface area contributed by atoms with E-state index in [1.807, 2.05) is 0 Å². The molecule has 12 heavy (non-hydrogen) atoms. The maximum absolute atomic E-state index is 12.2. The monoisotopic (exact) mass is 178 g/mol. The van der Waals surface area contributed by atoms with E-state index in [1.54, 1.807) is 6.19 Å². The molecule has 5 heteroatoms. The van der Waals surface area contributed by atoms with Crippen molar-refractivity contribution in [2.24, 2.45) is 11.8 Å². The number of nitrogens with zero attached hydrogens (tertiary/aromatic N) is 2. The van der Waals surface area contributed by atoms with Crippen molar-refractivity contribution in [1.82, 2.24) is 4.90 Å². The summed E-state index contributed by atoms with van der Waals surface area (Å²) in [5.74, 6) is -1.80. The van der Waals surface area contributed by atoms with Crippen LogP contribution in [0.4, 0.5) is 13.2 Å². The number of hydrogen-bond acceptors (Lipinski definition) is 2. The Kier molecular flexibility index (Phi) is 2.18. The zero-order chi connectivity index (χ0) is 9.35. The van der Waals surface area contributed by atoms with Gasteiger partial charge in [0.2, 0.25) is 0 Å². The van der Waals surface area contributed by atoms with E-state index in [1.165, 1.54) is 6.92 Å². The lowest BCUT2D eigenvalue weighted by atomic mass is 9.98. The van der Waals surface area contributed by atoms with Crippen LogP contribution in [-0.4, -0.2) is 24.2 Å². The van der Waals surface area contributed by atoms with Crippen molar-refractivity contribution in [3.63, 3.8) is 0 Å². The molecule has 0 aliphatic carbocycles. The Morgan fingerprint density at radius 2 is 2.00 bits per heavy atom. The number of rotatable bonds is 0. The third-order valence-electron chi connectivity index (χ3n) is 2.17. The van der Waals surface area contributed by atoms with E-state index in [2.05, 4.69) is 0 Å². The Balaban J connectivity index is 2.65. The molecule has 2 atom stereocenters. The number of nitriles is 1. The van der Waals surface area contributed by atoms with Gasteiger partial charge in [0.05, 0.1) is 5.92 Å². The maximum atomic E-state index is 12.2. The van der Waals surface area contributed by atoms with Crippen LogP contribution in [0.2, 0.25) is 0 Å². The molecule has 0 radical (unpaired) electrons. The largest absolute Gasteiger partial charge is 0.393 e. The molecule has 0 saturated carbocycles. The minimum Gasteiger partial charge on any atom is -0.310 e. The summed E-state index contributed by atoms with van der Waals surface area (Å²) in [4.78, 5) is 1.16. The van der Waals surface area contributed by atoms with Crippen molar-refractivity contribution >= 4 is 0 Å². The fraction of sp³-hybridized carbons (Fsp3) is 0.857.